The Bertz CT molecular complexity index is 1030. The van der Waals surface area contributed by atoms with Crippen LogP contribution in [0.15, 0.2) is 30.6 Å². The average Bonchev–Trinajstić information content (AvgIpc) is 3.23. The molecule has 1 atom stereocenters. The first-order valence-corrected chi connectivity index (χ1v) is 10.3. The maximum absolute atomic E-state index is 12.9. The highest BCUT2D eigenvalue weighted by atomic mass is 32.1. The van der Waals surface area contributed by atoms with E-state index in [1.165, 1.54) is 35.2 Å². The van der Waals surface area contributed by atoms with Gasteiger partial charge in [-0.05, 0) is 56.2 Å². The monoisotopic (exact) mass is 379 g/mol. The number of anilines is 1. The molecule has 0 N–H and O–H groups in total. The molecule has 0 spiro atoms. The van der Waals surface area contributed by atoms with Crippen molar-refractivity contribution in [3.8, 4) is 5.88 Å². The largest absolute Gasteiger partial charge is 0.467 e. The van der Waals surface area contributed by atoms with Gasteiger partial charge in [0.1, 0.15) is 11.2 Å². The SMILES string of the molecule is C[C@@H]1Cc2ccccc2N1C(=O)COc1ncnc2sc3c(c12)CCCC3. The van der Waals surface area contributed by atoms with Crippen LogP contribution in [-0.4, -0.2) is 28.5 Å². The highest BCUT2D eigenvalue weighted by Gasteiger charge is 2.31. The number of fused-ring (bicyclic) bond motifs is 4. The Morgan fingerprint density at radius 1 is 1.26 bits per heavy atom. The molecule has 138 valence electrons. The zero-order valence-corrected chi connectivity index (χ0v) is 16.1. The Labute approximate surface area is 162 Å². The van der Waals surface area contributed by atoms with E-state index in [9.17, 15) is 4.79 Å². The number of carbonyl (C=O) groups excluding carboxylic acids is 1. The Morgan fingerprint density at radius 2 is 2.11 bits per heavy atom. The molecular formula is C21H21N3O2S. The standard InChI is InChI=1S/C21H21N3O2S/c1-13-10-14-6-2-4-8-16(14)24(13)18(25)11-26-20-19-15-7-3-5-9-17(15)27-21(19)23-12-22-20/h2,4,6,8,12-13H,3,5,7,9-11H2,1H3/t13-/m1/s1. The summed E-state index contributed by atoms with van der Waals surface area (Å²) in [6.45, 7) is 2.07. The minimum Gasteiger partial charge on any atom is -0.467 e. The van der Waals surface area contributed by atoms with E-state index < -0.39 is 0 Å². The van der Waals surface area contributed by atoms with E-state index in [4.69, 9.17) is 4.74 Å². The number of carbonyl (C=O) groups is 1. The molecule has 2 aromatic heterocycles. The first-order valence-electron chi connectivity index (χ1n) is 9.50. The molecule has 3 aromatic rings. The average molecular weight is 379 g/mol. The summed E-state index contributed by atoms with van der Waals surface area (Å²) in [5.74, 6) is 0.524. The van der Waals surface area contributed by atoms with E-state index >= 15 is 0 Å². The lowest BCUT2D eigenvalue weighted by molar-refractivity contribution is -0.120. The zero-order valence-electron chi connectivity index (χ0n) is 15.3. The van der Waals surface area contributed by atoms with Gasteiger partial charge in [0.15, 0.2) is 6.61 Å². The minimum absolute atomic E-state index is 0.00456. The van der Waals surface area contributed by atoms with E-state index in [1.807, 2.05) is 23.1 Å². The predicted octanol–water partition coefficient (Wildman–Crippen LogP) is 3.93. The van der Waals surface area contributed by atoms with Crippen molar-refractivity contribution in [1.29, 1.82) is 0 Å². The molecule has 2 aliphatic rings. The van der Waals surface area contributed by atoms with Crippen LogP contribution in [-0.2, 0) is 24.1 Å². The van der Waals surface area contributed by atoms with Crippen LogP contribution in [0.5, 0.6) is 5.88 Å². The number of aryl methyl sites for hydroxylation is 2. The summed E-state index contributed by atoms with van der Waals surface area (Å²) in [6.07, 6.45) is 7.00. The first-order chi connectivity index (χ1) is 13.2. The molecule has 0 bridgehead atoms. The molecule has 0 saturated heterocycles. The molecule has 0 unspecified atom stereocenters. The van der Waals surface area contributed by atoms with Crippen LogP contribution in [0.25, 0.3) is 10.2 Å². The molecule has 0 fully saturated rings. The molecule has 6 heteroatoms. The Hall–Kier alpha value is -2.47. The van der Waals surface area contributed by atoms with Gasteiger partial charge in [0.2, 0.25) is 5.88 Å². The molecule has 0 radical (unpaired) electrons. The second-order valence-electron chi connectivity index (χ2n) is 7.30. The normalized spacial score (nSPS) is 18.4. The van der Waals surface area contributed by atoms with Gasteiger partial charge in [-0.2, -0.15) is 0 Å². The van der Waals surface area contributed by atoms with Gasteiger partial charge in [0.25, 0.3) is 5.91 Å². The van der Waals surface area contributed by atoms with Gasteiger partial charge in [-0.3, -0.25) is 4.79 Å². The Morgan fingerprint density at radius 3 is 3.04 bits per heavy atom. The van der Waals surface area contributed by atoms with Crippen molar-refractivity contribution in [2.24, 2.45) is 0 Å². The summed E-state index contributed by atoms with van der Waals surface area (Å²) < 4.78 is 5.95. The van der Waals surface area contributed by atoms with Crippen molar-refractivity contribution >= 4 is 33.1 Å². The maximum Gasteiger partial charge on any atom is 0.265 e. The number of hydrogen-bond donors (Lipinski definition) is 0. The molecule has 5 nitrogen and oxygen atoms in total. The summed E-state index contributed by atoms with van der Waals surface area (Å²) in [5.41, 5.74) is 3.54. The number of para-hydroxylation sites is 1. The van der Waals surface area contributed by atoms with Crippen molar-refractivity contribution in [3.63, 3.8) is 0 Å². The summed E-state index contributed by atoms with van der Waals surface area (Å²) in [4.78, 5) is 25.9. The molecular weight excluding hydrogens is 358 g/mol. The van der Waals surface area contributed by atoms with Gasteiger partial charge >= 0.3 is 0 Å². The van der Waals surface area contributed by atoms with Crippen LogP contribution in [0.3, 0.4) is 0 Å². The lowest BCUT2D eigenvalue weighted by Crippen LogP contribution is -2.39. The van der Waals surface area contributed by atoms with Crippen LogP contribution in [0.1, 0.15) is 35.8 Å². The minimum atomic E-state index is -0.0247. The van der Waals surface area contributed by atoms with Crippen molar-refractivity contribution in [1.82, 2.24) is 9.97 Å². The zero-order chi connectivity index (χ0) is 18.4. The summed E-state index contributed by atoms with van der Waals surface area (Å²) >= 11 is 1.74. The van der Waals surface area contributed by atoms with E-state index in [-0.39, 0.29) is 18.6 Å². The molecule has 5 rings (SSSR count). The number of hydrogen-bond acceptors (Lipinski definition) is 5. The number of benzene rings is 1. The highest BCUT2D eigenvalue weighted by molar-refractivity contribution is 7.18. The van der Waals surface area contributed by atoms with Crippen LogP contribution in [0.2, 0.25) is 0 Å². The van der Waals surface area contributed by atoms with E-state index in [1.54, 1.807) is 11.3 Å². The van der Waals surface area contributed by atoms with E-state index in [2.05, 4.69) is 23.0 Å². The fourth-order valence-corrected chi connectivity index (χ4v) is 5.54. The molecule has 1 amide bonds. The second-order valence-corrected chi connectivity index (χ2v) is 8.39. The fourth-order valence-electron chi connectivity index (χ4n) is 4.32. The Balaban J connectivity index is 1.41. The third kappa shape index (κ3) is 2.79. The Kier molecular flexibility index (Phi) is 4.08. The van der Waals surface area contributed by atoms with Crippen molar-refractivity contribution in [2.75, 3.05) is 11.5 Å². The van der Waals surface area contributed by atoms with Crippen molar-refractivity contribution < 1.29 is 9.53 Å². The molecule has 1 aromatic carbocycles. The maximum atomic E-state index is 12.9. The third-order valence-electron chi connectivity index (χ3n) is 5.52. The van der Waals surface area contributed by atoms with Crippen LogP contribution < -0.4 is 9.64 Å². The molecule has 27 heavy (non-hydrogen) atoms. The lowest BCUT2D eigenvalue weighted by atomic mass is 9.97. The molecule has 3 heterocycles. The number of ether oxygens (including phenoxy) is 1. The molecule has 0 saturated carbocycles. The number of nitrogens with zero attached hydrogens (tertiary/aromatic N) is 3. The third-order valence-corrected chi connectivity index (χ3v) is 6.72. The van der Waals surface area contributed by atoms with Gasteiger partial charge in [0.05, 0.1) is 5.39 Å². The quantitative estimate of drug-likeness (QED) is 0.692. The summed E-state index contributed by atoms with van der Waals surface area (Å²) in [7, 11) is 0. The van der Waals surface area contributed by atoms with Gasteiger partial charge in [-0.25, -0.2) is 9.97 Å². The number of aromatic nitrogens is 2. The van der Waals surface area contributed by atoms with Crippen molar-refractivity contribution in [2.45, 2.75) is 45.1 Å². The predicted molar refractivity (Wildman–Crippen MR) is 107 cm³/mol. The van der Waals surface area contributed by atoms with E-state index in [0.717, 1.165) is 35.2 Å². The van der Waals surface area contributed by atoms with Gasteiger partial charge < -0.3 is 9.64 Å². The number of amides is 1. The molecule has 1 aliphatic carbocycles. The van der Waals surface area contributed by atoms with Crippen LogP contribution in [0, 0.1) is 0 Å². The summed E-state index contributed by atoms with van der Waals surface area (Å²) in [5, 5.41) is 1.01. The fraction of sp³-hybridized carbons (Fsp3) is 0.381. The second kappa shape index (κ2) is 6.60. The number of rotatable bonds is 3. The lowest BCUT2D eigenvalue weighted by Gasteiger charge is -2.22. The van der Waals surface area contributed by atoms with Crippen LogP contribution >= 0.6 is 11.3 Å². The van der Waals surface area contributed by atoms with Crippen molar-refractivity contribution in [3.05, 3.63) is 46.6 Å². The van der Waals surface area contributed by atoms with Crippen LogP contribution in [0.4, 0.5) is 5.69 Å². The van der Waals surface area contributed by atoms with Gasteiger partial charge in [-0.1, -0.05) is 18.2 Å². The molecule has 1 aliphatic heterocycles. The van der Waals surface area contributed by atoms with E-state index in [0.29, 0.717) is 5.88 Å². The topological polar surface area (TPSA) is 55.3 Å². The van der Waals surface area contributed by atoms with Gasteiger partial charge in [-0.15, -0.1) is 11.3 Å². The number of thiophene rings is 1. The summed E-state index contributed by atoms with van der Waals surface area (Å²) in [6, 6.07) is 8.25. The highest BCUT2D eigenvalue weighted by Crippen LogP contribution is 2.39. The van der Waals surface area contributed by atoms with Gasteiger partial charge in [0, 0.05) is 16.6 Å². The smallest absolute Gasteiger partial charge is 0.265 e. The first kappa shape index (κ1) is 16.7.